The van der Waals surface area contributed by atoms with Crippen LogP contribution in [0.3, 0.4) is 0 Å². The van der Waals surface area contributed by atoms with Gasteiger partial charge in [0.05, 0.1) is 0 Å². The third-order valence-electron chi connectivity index (χ3n) is 3.49. The van der Waals surface area contributed by atoms with E-state index in [1.807, 2.05) is 12.3 Å². The summed E-state index contributed by atoms with van der Waals surface area (Å²) in [5.74, 6) is 0.252. The first-order chi connectivity index (χ1) is 9.67. The quantitative estimate of drug-likeness (QED) is 0.799. The molecule has 0 bridgehead atoms. The summed E-state index contributed by atoms with van der Waals surface area (Å²) in [5, 5.41) is 0. The van der Waals surface area contributed by atoms with E-state index in [1.54, 1.807) is 0 Å². The van der Waals surface area contributed by atoms with Crippen molar-refractivity contribution < 1.29 is 4.79 Å². The van der Waals surface area contributed by atoms with E-state index in [9.17, 15) is 4.79 Å². The molecule has 0 radical (unpaired) electrons. The zero-order valence-corrected chi connectivity index (χ0v) is 12.2. The molecule has 20 heavy (non-hydrogen) atoms. The van der Waals surface area contributed by atoms with Crippen molar-refractivity contribution in [3.05, 3.63) is 65.0 Å². The first-order valence-corrected chi connectivity index (χ1v) is 7.18. The average Bonchev–Trinajstić information content (AvgIpc) is 2.47. The SMILES string of the molecule is CCc1ccc(CC(=O)CCc2ccc(C)cc2)nc1. The van der Waals surface area contributed by atoms with E-state index in [-0.39, 0.29) is 5.78 Å². The summed E-state index contributed by atoms with van der Waals surface area (Å²) in [5.41, 5.74) is 4.55. The number of carbonyl (C=O) groups excluding carboxylic acids is 1. The lowest BCUT2D eigenvalue weighted by molar-refractivity contribution is -0.118. The summed E-state index contributed by atoms with van der Waals surface area (Å²) in [7, 11) is 0. The van der Waals surface area contributed by atoms with E-state index in [0.29, 0.717) is 12.8 Å². The fraction of sp³-hybridized carbons (Fsp3) is 0.333. The highest BCUT2D eigenvalue weighted by molar-refractivity contribution is 5.80. The molecule has 0 spiro atoms. The molecule has 0 unspecified atom stereocenters. The van der Waals surface area contributed by atoms with Crippen LogP contribution < -0.4 is 0 Å². The minimum absolute atomic E-state index is 0.252. The Labute approximate surface area is 120 Å². The molecule has 0 amide bonds. The number of rotatable bonds is 6. The van der Waals surface area contributed by atoms with E-state index in [1.165, 1.54) is 16.7 Å². The van der Waals surface area contributed by atoms with Gasteiger partial charge < -0.3 is 0 Å². The van der Waals surface area contributed by atoms with E-state index in [2.05, 4.69) is 49.2 Å². The summed E-state index contributed by atoms with van der Waals surface area (Å²) >= 11 is 0. The van der Waals surface area contributed by atoms with Gasteiger partial charge in [0.1, 0.15) is 5.78 Å². The molecule has 0 atom stereocenters. The number of hydrogen-bond donors (Lipinski definition) is 0. The molecule has 2 heteroatoms. The van der Waals surface area contributed by atoms with Gasteiger partial charge in [-0.25, -0.2) is 0 Å². The Balaban J connectivity index is 1.84. The lowest BCUT2D eigenvalue weighted by Gasteiger charge is -2.03. The van der Waals surface area contributed by atoms with Crippen LogP contribution in [-0.4, -0.2) is 10.8 Å². The van der Waals surface area contributed by atoms with Crippen molar-refractivity contribution in [3.63, 3.8) is 0 Å². The van der Waals surface area contributed by atoms with Crippen LogP contribution in [-0.2, 0) is 24.1 Å². The largest absolute Gasteiger partial charge is 0.299 e. The Morgan fingerprint density at radius 2 is 1.75 bits per heavy atom. The van der Waals surface area contributed by atoms with Gasteiger partial charge in [0.15, 0.2) is 0 Å². The third-order valence-corrected chi connectivity index (χ3v) is 3.49. The molecule has 2 nitrogen and oxygen atoms in total. The van der Waals surface area contributed by atoms with E-state index in [0.717, 1.165) is 18.5 Å². The van der Waals surface area contributed by atoms with Gasteiger partial charge in [-0.15, -0.1) is 0 Å². The summed E-state index contributed by atoms with van der Waals surface area (Å²) in [6.45, 7) is 4.17. The van der Waals surface area contributed by atoms with Gasteiger partial charge in [0.25, 0.3) is 0 Å². The van der Waals surface area contributed by atoms with Crippen LogP contribution in [0.25, 0.3) is 0 Å². The molecular formula is C18H21NO. The highest BCUT2D eigenvalue weighted by atomic mass is 16.1. The number of carbonyl (C=O) groups is 1. The zero-order valence-electron chi connectivity index (χ0n) is 12.2. The van der Waals surface area contributed by atoms with Crippen LogP contribution in [0.4, 0.5) is 0 Å². The topological polar surface area (TPSA) is 30.0 Å². The summed E-state index contributed by atoms with van der Waals surface area (Å²) in [6.07, 6.45) is 4.68. The Bertz CT molecular complexity index is 555. The summed E-state index contributed by atoms with van der Waals surface area (Å²) in [4.78, 5) is 16.3. The molecule has 0 saturated carbocycles. The first kappa shape index (κ1) is 14.4. The molecular weight excluding hydrogens is 246 g/mol. The second-order valence-electron chi connectivity index (χ2n) is 5.21. The normalized spacial score (nSPS) is 10.5. The molecule has 0 aliphatic heterocycles. The number of Topliss-reactive ketones (excluding diaryl/α,β-unsaturated/α-hetero) is 1. The van der Waals surface area contributed by atoms with Crippen molar-refractivity contribution in [2.45, 2.75) is 39.5 Å². The Hall–Kier alpha value is -1.96. The number of hydrogen-bond acceptors (Lipinski definition) is 2. The molecule has 0 N–H and O–H groups in total. The molecule has 0 aliphatic rings. The predicted octanol–water partition coefficient (Wildman–Crippen LogP) is 3.70. The maximum absolute atomic E-state index is 12.0. The second kappa shape index (κ2) is 6.99. The van der Waals surface area contributed by atoms with Crippen molar-refractivity contribution in [1.29, 1.82) is 0 Å². The second-order valence-corrected chi connectivity index (χ2v) is 5.21. The number of benzene rings is 1. The Morgan fingerprint density at radius 1 is 1.05 bits per heavy atom. The first-order valence-electron chi connectivity index (χ1n) is 7.18. The summed E-state index contributed by atoms with van der Waals surface area (Å²) < 4.78 is 0. The van der Waals surface area contributed by atoms with Crippen molar-refractivity contribution in [2.24, 2.45) is 0 Å². The van der Waals surface area contributed by atoms with Gasteiger partial charge in [-0.1, -0.05) is 42.8 Å². The minimum atomic E-state index is 0.252. The average molecular weight is 267 g/mol. The molecule has 0 aliphatic carbocycles. The molecule has 1 aromatic carbocycles. The molecule has 0 saturated heterocycles. The summed E-state index contributed by atoms with van der Waals surface area (Å²) in [6, 6.07) is 12.4. The fourth-order valence-corrected chi connectivity index (χ4v) is 2.10. The van der Waals surface area contributed by atoms with E-state index >= 15 is 0 Å². The van der Waals surface area contributed by atoms with Crippen molar-refractivity contribution in [1.82, 2.24) is 4.98 Å². The number of ketones is 1. The van der Waals surface area contributed by atoms with Gasteiger partial charge in [-0.2, -0.15) is 0 Å². The number of aromatic nitrogens is 1. The predicted molar refractivity (Wildman–Crippen MR) is 81.8 cm³/mol. The monoisotopic (exact) mass is 267 g/mol. The number of nitrogens with zero attached hydrogens (tertiary/aromatic N) is 1. The minimum Gasteiger partial charge on any atom is -0.299 e. The number of aryl methyl sites for hydroxylation is 3. The molecule has 1 aromatic heterocycles. The Morgan fingerprint density at radius 3 is 2.35 bits per heavy atom. The maximum atomic E-state index is 12.0. The smallest absolute Gasteiger partial charge is 0.139 e. The van der Waals surface area contributed by atoms with Crippen molar-refractivity contribution in [3.8, 4) is 0 Å². The zero-order chi connectivity index (χ0) is 14.4. The van der Waals surface area contributed by atoms with Gasteiger partial charge in [-0.05, 0) is 37.0 Å². The van der Waals surface area contributed by atoms with Crippen LogP contribution in [0.1, 0.15) is 35.7 Å². The molecule has 2 rings (SSSR count). The van der Waals surface area contributed by atoms with E-state index in [4.69, 9.17) is 0 Å². The fourth-order valence-electron chi connectivity index (χ4n) is 2.10. The highest BCUT2D eigenvalue weighted by Crippen LogP contribution is 2.08. The molecule has 2 aromatic rings. The van der Waals surface area contributed by atoms with Crippen LogP contribution in [0.15, 0.2) is 42.6 Å². The lowest BCUT2D eigenvalue weighted by Crippen LogP contribution is -2.06. The Kier molecular flexibility index (Phi) is 5.05. The van der Waals surface area contributed by atoms with Crippen LogP contribution in [0, 0.1) is 6.92 Å². The lowest BCUT2D eigenvalue weighted by atomic mass is 10.0. The van der Waals surface area contributed by atoms with Gasteiger partial charge in [0.2, 0.25) is 0 Å². The van der Waals surface area contributed by atoms with Crippen molar-refractivity contribution >= 4 is 5.78 Å². The van der Waals surface area contributed by atoms with Gasteiger partial charge in [-0.3, -0.25) is 9.78 Å². The molecule has 1 heterocycles. The van der Waals surface area contributed by atoms with Gasteiger partial charge in [0, 0.05) is 24.7 Å². The van der Waals surface area contributed by atoms with Crippen LogP contribution in [0.2, 0.25) is 0 Å². The third kappa shape index (κ3) is 4.30. The van der Waals surface area contributed by atoms with Crippen molar-refractivity contribution in [2.75, 3.05) is 0 Å². The molecule has 104 valence electrons. The standard InChI is InChI=1S/C18H21NO/c1-3-15-8-10-17(19-13-15)12-18(20)11-9-16-6-4-14(2)5-7-16/h4-8,10,13H,3,9,11-12H2,1-2H3. The van der Waals surface area contributed by atoms with Crippen LogP contribution in [0.5, 0.6) is 0 Å². The van der Waals surface area contributed by atoms with Gasteiger partial charge >= 0.3 is 0 Å². The highest BCUT2D eigenvalue weighted by Gasteiger charge is 2.05. The van der Waals surface area contributed by atoms with Crippen LogP contribution >= 0.6 is 0 Å². The maximum Gasteiger partial charge on any atom is 0.139 e. The molecule has 0 fully saturated rings. The number of pyridine rings is 1. The van der Waals surface area contributed by atoms with E-state index < -0.39 is 0 Å².